The van der Waals surface area contributed by atoms with Crippen molar-refractivity contribution < 1.29 is 0 Å². The van der Waals surface area contributed by atoms with Crippen LogP contribution >= 0.6 is 11.5 Å². The van der Waals surface area contributed by atoms with E-state index in [1.165, 1.54) is 22.9 Å². The molecule has 4 heteroatoms. The van der Waals surface area contributed by atoms with Crippen molar-refractivity contribution in [3.63, 3.8) is 0 Å². The Morgan fingerprint density at radius 2 is 1.93 bits per heavy atom. The van der Waals surface area contributed by atoms with Gasteiger partial charge in [0.05, 0.1) is 11.4 Å². The predicted octanol–water partition coefficient (Wildman–Crippen LogP) is 3.04. The first-order valence-electron chi connectivity index (χ1n) is 4.93. The van der Waals surface area contributed by atoms with E-state index in [4.69, 9.17) is 0 Å². The molecule has 76 valence electrons. The number of imidazole rings is 1. The van der Waals surface area contributed by atoms with Crippen LogP contribution in [0.5, 0.6) is 0 Å². The molecule has 0 radical (unpaired) electrons. The Bertz CT molecular complexity index is 439. The molecule has 0 spiro atoms. The van der Waals surface area contributed by atoms with Crippen molar-refractivity contribution in [2.24, 2.45) is 0 Å². The van der Waals surface area contributed by atoms with Gasteiger partial charge < -0.3 is 0 Å². The van der Waals surface area contributed by atoms with Gasteiger partial charge in [0.25, 0.3) is 0 Å². The van der Waals surface area contributed by atoms with Gasteiger partial charge in [0.2, 0.25) is 4.96 Å². The van der Waals surface area contributed by atoms with E-state index in [-0.39, 0.29) is 0 Å². The average Bonchev–Trinajstić information content (AvgIpc) is 2.58. The molecule has 2 aromatic heterocycles. The normalized spacial score (nSPS) is 12.1. The van der Waals surface area contributed by atoms with Crippen LogP contribution in [0.1, 0.15) is 50.9 Å². The van der Waals surface area contributed by atoms with E-state index in [2.05, 4.69) is 41.5 Å². The first-order chi connectivity index (χ1) is 6.61. The van der Waals surface area contributed by atoms with E-state index in [0.29, 0.717) is 11.8 Å². The van der Waals surface area contributed by atoms with E-state index in [1.54, 1.807) is 0 Å². The van der Waals surface area contributed by atoms with Crippen LogP contribution in [-0.2, 0) is 0 Å². The molecule has 0 atom stereocenters. The maximum Gasteiger partial charge on any atom is 0.213 e. The molecule has 3 nitrogen and oxygen atoms in total. The maximum atomic E-state index is 4.61. The second-order valence-corrected chi connectivity index (χ2v) is 4.91. The molecule has 0 aliphatic heterocycles. The van der Waals surface area contributed by atoms with Gasteiger partial charge >= 0.3 is 0 Å². The Morgan fingerprint density at radius 3 is 2.50 bits per heavy atom. The summed E-state index contributed by atoms with van der Waals surface area (Å²) in [5.74, 6) is 0.985. The van der Waals surface area contributed by atoms with Gasteiger partial charge in [-0.2, -0.15) is 4.37 Å². The Hall–Kier alpha value is -0.900. The van der Waals surface area contributed by atoms with E-state index >= 15 is 0 Å². The van der Waals surface area contributed by atoms with E-state index in [0.717, 1.165) is 4.96 Å². The van der Waals surface area contributed by atoms with Crippen molar-refractivity contribution >= 4 is 16.5 Å². The van der Waals surface area contributed by atoms with Gasteiger partial charge in [0.1, 0.15) is 6.33 Å². The Morgan fingerprint density at radius 1 is 1.21 bits per heavy atom. The molecule has 2 heterocycles. The fraction of sp³-hybridized carbons (Fsp3) is 0.600. The van der Waals surface area contributed by atoms with E-state index < -0.39 is 0 Å². The minimum atomic E-state index is 0.486. The van der Waals surface area contributed by atoms with Crippen molar-refractivity contribution in [1.82, 2.24) is 13.8 Å². The third-order valence-corrected chi connectivity index (χ3v) is 2.99. The average molecular weight is 209 g/mol. The summed E-state index contributed by atoms with van der Waals surface area (Å²) in [5, 5.41) is 0. The smallest absolute Gasteiger partial charge is 0.213 e. The van der Waals surface area contributed by atoms with Crippen LogP contribution < -0.4 is 0 Å². The lowest BCUT2D eigenvalue weighted by atomic mass is 10.0. The van der Waals surface area contributed by atoms with Gasteiger partial charge in [-0.1, -0.05) is 27.7 Å². The maximum absolute atomic E-state index is 4.61. The summed E-state index contributed by atoms with van der Waals surface area (Å²) < 4.78 is 6.26. The molecule has 0 saturated carbocycles. The monoisotopic (exact) mass is 209 g/mol. The zero-order valence-electron chi connectivity index (χ0n) is 8.98. The molecule has 0 amide bonds. The molecular formula is C10H15N3S. The standard InChI is InChI=1S/C10H15N3S/c1-6(2)8-9(7(3)4)13-5-11-14-10(13)12-8/h5-7H,1-4H3. The summed E-state index contributed by atoms with van der Waals surface area (Å²) in [6.07, 6.45) is 1.87. The molecule has 2 rings (SSSR count). The zero-order chi connectivity index (χ0) is 10.3. The van der Waals surface area contributed by atoms with Crippen molar-refractivity contribution in [1.29, 1.82) is 0 Å². The topological polar surface area (TPSA) is 30.2 Å². The second kappa shape index (κ2) is 3.35. The molecule has 14 heavy (non-hydrogen) atoms. The van der Waals surface area contributed by atoms with Crippen LogP contribution in [0.15, 0.2) is 6.33 Å². The Kier molecular flexibility index (Phi) is 2.31. The molecule has 0 N–H and O–H groups in total. The van der Waals surface area contributed by atoms with Gasteiger partial charge in [-0.25, -0.2) is 4.98 Å². The predicted molar refractivity (Wildman–Crippen MR) is 59.0 cm³/mol. The number of nitrogens with zero attached hydrogens (tertiary/aromatic N) is 3. The Balaban J connectivity index is 2.69. The fourth-order valence-electron chi connectivity index (χ4n) is 1.73. The third-order valence-electron chi connectivity index (χ3n) is 2.33. The highest BCUT2D eigenvalue weighted by atomic mass is 32.1. The molecule has 2 aromatic rings. The van der Waals surface area contributed by atoms with Crippen LogP contribution in [0.25, 0.3) is 4.96 Å². The minimum Gasteiger partial charge on any atom is -0.276 e. The second-order valence-electron chi connectivity index (χ2n) is 4.16. The quantitative estimate of drug-likeness (QED) is 0.761. The SMILES string of the molecule is CC(C)c1nc2sncn2c1C(C)C. The van der Waals surface area contributed by atoms with Gasteiger partial charge in [-0.3, -0.25) is 4.40 Å². The molecule has 0 saturated heterocycles. The summed E-state index contributed by atoms with van der Waals surface area (Å²) in [4.78, 5) is 5.62. The Labute approximate surface area is 88.0 Å². The van der Waals surface area contributed by atoms with E-state index in [9.17, 15) is 0 Å². The molecule has 0 aliphatic rings. The number of aromatic nitrogens is 3. The highest BCUT2D eigenvalue weighted by Gasteiger charge is 2.18. The summed E-state index contributed by atoms with van der Waals surface area (Å²) in [5.41, 5.74) is 2.53. The molecule has 0 fully saturated rings. The van der Waals surface area contributed by atoms with Crippen molar-refractivity contribution in [2.75, 3.05) is 0 Å². The first kappa shape index (κ1) is 9.65. The van der Waals surface area contributed by atoms with E-state index in [1.807, 2.05) is 6.33 Å². The van der Waals surface area contributed by atoms with Crippen LogP contribution in [0.4, 0.5) is 0 Å². The summed E-state index contributed by atoms with van der Waals surface area (Å²) in [7, 11) is 0. The lowest BCUT2D eigenvalue weighted by Crippen LogP contribution is -2.00. The zero-order valence-corrected chi connectivity index (χ0v) is 9.80. The third kappa shape index (κ3) is 1.34. The summed E-state index contributed by atoms with van der Waals surface area (Å²) in [6, 6.07) is 0. The lowest BCUT2D eigenvalue weighted by Gasteiger charge is -2.09. The number of rotatable bonds is 2. The molecule has 0 bridgehead atoms. The van der Waals surface area contributed by atoms with Gasteiger partial charge in [-0.15, -0.1) is 0 Å². The number of hydrogen-bond acceptors (Lipinski definition) is 3. The number of fused-ring (bicyclic) bond motifs is 1. The van der Waals surface area contributed by atoms with Crippen molar-refractivity contribution in [3.05, 3.63) is 17.7 Å². The molecule has 0 unspecified atom stereocenters. The van der Waals surface area contributed by atoms with Crippen LogP contribution in [0, 0.1) is 0 Å². The fourth-order valence-corrected chi connectivity index (χ4v) is 2.34. The molecular weight excluding hydrogens is 194 g/mol. The molecule has 0 aliphatic carbocycles. The summed E-state index contributed by atoms with van der Waals surface area (Å²) >= 11 is 1.46. The molecule has 0 aromatic carbocycles. The first-order valence-corrected chi connectivity index (χ1v) is 5.71. The van der Waals surface area contributed by atoms with Crippen LogP contribution in [0.3, 0.4) is 0 Å². The van der Waals surface area contributed by atoms with Crippen LogP contribution in [0.2, 0.25) is 0 Å². The summed E-state index contributed by atoms with van der Waals surface area (Å²) in [6.45, 7) is 8.78. The van der Waals surface area contributed by atoms with Gasteiger partial charge in [0, 0.05) is 11.5 Å². The minimum absolute atomic E-state index is 0.486. The van der Waals surface area contributed by atoms with Crippen LogP contribution in [-0.4, -0.2) is 13.8 Å². The van der Waals surface area contributed by atoms with Gasteiger partial charge in [0.15, 0.2) is 0 Å². The highest BCUT2D eigenvalue weighted by molar-refractivity contribution is 7.11. The van der Waals surface area contributed by atoms with Gasteiger partial charge in [-0.05, 0) is 11.8 Å². The lowest BCUT2D eigenvalue weighted by molar-refractivity contribution is 0.744. The number of hydrogen-bond donors (Lipinski definition) is 0. The van der Waals surface area contributed by atoms with Crippen molar-refractivity contribution in [2.45, 2.75) is 39.5 Å². The highest BCUT2D eigenvalue weighted by Crippen LogP contribution is 2.27. The largest absolute Gasteiger partial charge is 0.276 e. The van der Waals surface area contributed by atoms with Crippen molar-refractivity contribution in [3.8, 4) is 0 Å².